The molecule has 37 heavy (non-hydrogen) atoms. The molecule has 1 amide bonds. The van der Waals surface area contributed by atoms with Crippen LogP contribution in [0.5, 0.6) is 0 Å². The van der Waals surface area contributed by atoms with Gasteiger partial charge in [0.1, 0.15) is 0 Å². The Morgan fingerprint density at radius 3 is 2.32 bits per heavy atom. The van der Waals surface area contributed by atoms with E-state index in [0.29, 0.717) is 41.9 Å². The minimum Gasteiger partial charge on any atom is -0.393 e. The Balaban J connectivity index is 1.45. The molecule has 0 spiro atoms. The zero-order valence-corrected chi connectivity index (χ0v) is 24.4. The van der Waals surface area contributed by atoms with Gasteiger partial charge in [0.05, 0.1) is 18.0 Å². The molecule has 0 heterocycles. The largest absolute Gasteiger partial charge is 0.393 e. The maximum Gasteiger partial charge on any atom is 0.266 e. The lowest BCUT2D eigenvalue weighted by molar-refractivity contribution is -0.203. The lowest BCUT2D eigenvalue weighted by Crippen LogP contribution is -2.62. The third-order valence-corrected chi connectivity index (χ3v) is 12.8. The van der Waals surface area contributed by atoms with Gasteiger partial charge in [0, 0.05) is 20.0 Å². The third kappa shape index (κ3) is 5.38. The zero-order valence-electron chi connectivity index (χ0n) is 23.6. The highest BCUT2D eigenvalue weighted by Crippen LogP contribution is 2.69. The number of fused-ring (bicyclic) bond motifs is 5. The summed E-state index contributed by atoms with van der Waals surface area (Å²) in [4.78, 5) is 14.0. The van der Waals surface area contributed by atoms with E-state index < -0.39 is 15.9 Å². The molecule has 4 fully saturated rings. The minimum atomic E-state index is -4.08. The molecule has 11 atom stereocenters. The summed E-state index contributed by atoms with van der Waals surface area (Å²) in [6, 6.07) is 0. The Bertz CT molecular complexity index is 941. The maximum absolute atomic E-state index is 12.6. The van der Waals surface area contributed by atoms with Gasteiger partial charge in [-0.05, 0) is 104 Å². The molecule has 8 heteroatoms. The molecular formula is C29H51NO6S. The van der Waals surface area contributed by atoms with E-state index >= 15 is 0 Å². The Morgan fingerprint density at radius 2 is 1.68 bits per heavy atom. The first-order valence-corrected chi connectivity index (χ1v) is 16.4. The number of carbonyl (C=O) groups is 1. The molecule has 0 saturated heterocycles. The summed E-state index contributed by atoms with van der Waals surface area (Å²) < 4.78 is 31.0. The van der Waals surface area contributed by atoms with Crippen LogP contribution in [0.4, 0.5) is 0 Å². The number of rotatable bonds is 8. The maximum atomic E-state index is 12.6. The fourth-order valence-corrected chi connectivity index (χ4v) is 10.6. The predicted octanol–water partition coefficient (Wildman–Crippen LogP) is 4.38. The fraction of sp³-hybridized carbons (Fsp3) is 0.966. The molecule has 0 aliphatic heterocycles. The van der Waals surface area contributed by atoms with E-state index in [9.17, 15) is 23.4 Å². The van der Waals surface area contributed by atoms with Gasteiger partial charge in [-0.3, -0.25) is 9.35 Å². The SMILES string of the molecule is CCC1C(O)C2C3CCC(C(C)CCC(=O)N(C)CCS(=O)(=O)O)C3(C)CCC2C2(C)CCC(O)CC12. The van der Waals surface area contributed by atoms with E-state index in [0.717, 1.165) is 51.4 Å². The first-order chi connectivity index (χ1) is 17.2. The second kappa shape index (κ2) is 10.7. The van der Waals surface area contributed by atoms with E-state index in [2.05, 4.69) is 27.7 Å². The minimum absolute atomic E-state index is 0.00556. The summed E-state index contributed by atoms with van der Waals surface area (Å²) in [7, 11) is -2.48. The predicted molar refractivity (Wildman–Crippen MR) is 144 cm³/mol. The van der Waals surface area contributed by atoms with Crippen LogP contribution in [0.25, 0.3) is 0 Å². The van der Waals surface area contributed by atoms with Crippen molar-refractivity contribution in [1.29, 1.82) is 0 Å². The highest BCUT2D eigenvalue weighted by molar-refractivity contribution is 7.85. The summed E-state index contributed by atoms with van der Waals surface area (Å²) in [5.41, 5.74) is 0.366. The van der Waals surface area contributed by atoms with Crippen LogP contribution in [0.15, 0.2) is 0 Å². The van der Waals surface area contributed by atoms with Crippen molar-refractivity contribution in [3.8, 4) is 0 Å². The molecule has 4 rings (SSSR count). The lowest BCUT2D eigenvalue weighted by atomic mass is 9.41. The number of nitrogens with zero attached hydrogens (tertiary/aromatic N) is 1. The van der Waals surface area contributed by atoms with E-state index in [-0.39, 0.29) is 41.4 Å². The summed E-state index contributed by atoms with van der Waals surface area (Å²) in [6.07, 6.45) is 8.99. The van der Waals surface area contributed by atoms with E-state index in [1.54, 1.807) is 7.05 Å². The fourth-order valence-electron chi connectivity index (χ4n) is 10.1. The summed E-state index contributed by atoms with van der Waals surface area (Å²) in [5, 5.41) is 22.3. The highest BCUT2D eigenvalue weighted by Gasteiger charge is 2.64. The summed E-state index contributed by atoms with van der Waals surface area (Å²) >= 11 is 0. The Labute approximate surface area is 224 Å². The van der Waals surface area contributed by atoms with Crippen molar-refractivity contribution >= 4 is 16.0 Å². The molecule has 0 radical (unpaired) electrons. The Hall–Kier alpha value is -0.700. The number of amides is 1. The molecule has 7 nitrogen and oxygen atoms in total. The van der Waals surface area contributed by atoms with Crippen LogP contribution in [0.1, 0.15) is 91.9 Å². The van der Waals surface area contributed by atoms with E-state index in [1.807, 2.05) is 0 Å². The average molecular weight is 542 g/mol. The molecule has 4 aliphatic carbocycles. The molecule has 3 N–H and O–H groups in total. The van der Waals surface area contributed by atoms with Crippen molar-refractivity contribution in [2.75, 3.05) is 19.3 Å². The van der Waals surface area contributed by atoms with Crippen LogP contribution in [0, 0.1) is 52.3 Å². The second-order valence-corrected chi connectivity index (χ2v) is 15.3. The molecule has 11 unspecified atom stereocenters. The number of aliphatic hydroxyl groups excluding tert-OH is 2. The average Bonchev–Trinajstić information content (AvgIpc) is 3.18. The summed E-state index contributed by atoms with van der Waals surface area (Å²) in [5.74, 6) is 2.39. The van der Waals surface area contributed by atoms with Gasteiger partial charge in [0.15, 0.2) is 0 Å². The lowest BCUT2D eigenvalue weighted by Gasteiger charge is -2.64. The van der Waals surface area contributed by atoms with Crippen LogP contribution >= 0.6 is 0 Å². The molecule has 0 aromatic heterocycles. The molecule has 0 aromatic carbocycles. The summed E-state index contributed by atoms with van der Waals surface area (Å²) in [6.45, 7) is 9.40. The second-order valence-electron chi connectivity index (χ2n) is 13.7. The molecule has 0 aromatic rings. The molecule has 214 valence electrons. The van der Waals surface area contributed by atoms with Gasteiger partial charge in [-0.25, -0.2) is 0 Å². The normalized spacial score (nSPS) is 44.4. The first kappa shape index (κ1) is 29.3. The number of hydrogen-bond donors (Lipinski definition) is 3. The number of hydrogen-bond acceptors (Lipinski definition) is 5. The zero-order chi connectivity index (χ0) is 27.3. The van der Waals surface area contributed by atoms with Crippen molar-refractivity contribution in [3.05, 3.63) is 0 Å². The van der Waals surface area contributed by atoms with Gasteiger partial charge in [-0.15, -0.1) is 0 Å². The van der Waals surface area contributed by atoms with Gasteiger partial charge in [-0.1, -0.05) is 34.1 Å². The van der Waals surface area contributed by atoms with Crippen LogP contribution in [-0.2, 0) is 14.9 Å². The Morgan fingerprint density at radius 1 is 1.03 bits per heavy atom. The quantitative estimate of drug-likeness (QED) is 0.393. The van der Waals surface area contributed by atoms with E-state index in [1.165, 1.54) is 11.3 Å². The third-order valence-electron chi connectivity index (χ3n) is 12.1. The van der Waals surface area contributed by atoms with Crippen molar-refractivity contribution in [2.24, 2.45) is 52.3 Å². The van der Waals surface area contributed by atoms with Crippen LogP contribution in [0.3, 0.4) is 0 Å². The number of carbonyl (C=O) groups excluding carboxylic acids is 1. The number of aliphatic hydroxyl groups is 2. The molecule has 4 aliphatic rings. The first-order valence-electron chi connectivity index (χ1n) is 14.8. The van der Waals surface area contributed by atoms with Crippen LogP contribution < -0.4 is 0 Å². The van der Waals surface area contributed by atoms with Gasteiger partial charge < -0.3 is 15.1 Å². The van der Waals surface area contributed by atoms with Gasteiger partial charge in [-0.2, -0.15) is 8.42 Å². The van der Waals surface area contributed by atoms with Gasteiger partial charge >= 0.3 is 0 Å². The van der Waals surface area contributed by atoms with Gasteiger partial charge in [0.25, 0.3) is 10.1 Å². The van der Waals surface area contributed by atoms with Gasteiger partial charge in [0.2, 0.25) is 5.91 Å². The standard InChI is InChI=1S/C29H51NO6S/c1-6-20-24-17-19(31)11-13-29(24,4)23-12-14-28(3)21(8-9-22(28)26(23)27(20)33)18(2)7-10-25(32)30(5)15-16-37(34,35)36/h18-24,26-27,31,33H,6-17H2,1-5H3,(H,34,35,36). The topological polar surface area (TPSA) is 115 Å². The highest BCUT2D eigenvalue weighted by atomic mass is 32.2. The monoisotopic (exact) mass is 541 g/mol. The van der Waals surface area contributed by atoms with Crippen molar-refractivity contribution in [1.82, 2.24) is 4.90 Å². The van der Waals surface area contributed by atoms with Crippen LogP contribution in [0.2, 0.25) is 0 Å². The molecule has 0 bridgehead atoms. The molecular weight excluding hydrogens is 490 g/mol. The smallest absolute Gasteiger partial charge is 0.266 e. The molecule has 4 saturated carbocycles. The van der Waals surface area contributed by atoms with Crippen LogP contribution in [-0.4, -0.2) is 65.5 Å². The van der Waals surface area contributed by atoms with E-state index in [4.69, 9.17) is 4.55 Å². The Kier molecular flexibility index (Phi) is 8.47. The van der Waals surface area contributed by atoms with Crippen molar-refractivity contribution in [2.45, 2.75) is 104 Å². The van der Waals surface area contributed by atoms with Crippen molar-refractivity contribution in [3.63, 3.8) is 0 Å². The van der Waals surface area contributed by atoms with Crippen molar-refractivity contribution < 1.29 is 28.0 Å².